The van der Waals surface area contributed by atoms with E-state index in [2.05, 4.69) is 32.4 Å². The highest BCUT2D eigenvalue weighted by atomic mass is 13.9. The summed E-state index contributed by atoms with van der Waals surface area (Å²) in [6.07, 6.45) is 6.41. The van der Waals surface area contributed by atoms with Gasteiger partial charge in [-0.15, -0.1) is 0 Å². The van der Waals surface area contributed by atoms with E-state index in [-0.39, 0.29) is 0 Å². The van der Waals surface area contributed by atoms with Gasteiger partial charge < -0.3 is 0 Å². The van der Waals surface area contributed by atoms with E-state index in [0.717, 1.165) is 0 Å². The molecule has 0 aliphatic carbocycles. The molecule has 0 aromatic carbocycles. The molecular formula is C7H13. The molecule has 0 aliphatic heterocycles. The molecule has 0 saturated carbocycles. The lowest BCUT2D eigenvalue weighted by Crippen LogP contribution is -1.83. The monoisotopic (exact) mass is 97.1 g/mol. The minimum atomic E-state index is 0.644. The molecule has 0 rings (SSSR count). The Labute approximate surface area is 46.2 Å². The van der Waals surface area contributed by atoms with Gasteiger partial charge in [-0.25, -0.2) is 0 Å². The van der Waals surface area contributed by atoms with Crippen LogP contribution in [0.15, 0.2) is 12.2 Å². The molecular weight excluding hydrogens is 84.1 g/mol. The number of hydrogen-bond donors (Lipinski definition) is 0. The van der Waals surface area contributed by atoms with Crippen LogP contribution in [0.3, 0.4) is 0 Å². The summed E-state index contributed by atoms with van der Waals surface area (Å²) in [7, 11) is 0. The summed E-state index contributed by atoms with van der Waals surface area (Å²) < 4.78 is 0. The minimum Gasteiger partial charge on any atom is -0.0914 e. The first kappa shape index (κ1) is 6.74. The highest BCUT2D eigenvalue weighted by molar-refractivity contribution is 4.88. The number of allylic oxidation sites excluding steroid dienone is 2. The maximum atomic E-state index is 2.17. The van der Waals surface area contributed by atoms with E-state index in [9.17, 15) is 0 Å². The van der Waals surface area contributed by atoms with Gasteiger partial charge in [0.25, 0.3) is 0 Å². The van der Waals surface area contributed by atoms with Crippen LogP contribution < -0.4 is 0 Å². The van der Waals surface area contributed by atoms with Crippen molar-refractivity contribution in [3.63, 3.8) is 0 Å². The topological polar surface area (TPSA) is 0 Å². The smallest absolute Gasteiger partial charge is 0.0234 e. The third-order valence-corrected chi connectivity index (χ3v) is 1.02. The summed E-state index contributed by atoms with van der Waals surface area (Å²) in [6.45, 7) is 6.28. The molecule has 0 heterocycles. The summed E-state index contributed by atoms with van der Waals surface area (Å²) in [5.74, 6) is 0.644. The molecule has 0 nitrogen and oxygen atoms in total. The van der Waals surface area contributed by atoms with Crippen molar-refractivity contribution in [1.82, 2.24) is 0 Å². The second kappa shape index (κ2) is 3.91. The standard InChI is InChI=1S/C7H13/c1-4-6-7(3)5-2/h4-7H,1-3H3/b6-4+. The Kier molecular flexibility index (Phi) is 3.77. The van der Waals surface area contributed by atoms with Crippen LogP contribution in [0.5, 0.6) is 0 Å². The van der Waals surface area contributed by atoms with Gasteiger partial charge in [-0.05, 0) is 19.3 Å². The quantitative estimate of drug-likeness (QED) is 0.464. The summed E-state index contributed by atoms with van der Waals surface area (Å²) in [6, 6.07) is 0. The minimum absolute atomic E-state index is 0.644. The van der Waals surface area contributed by atoms with Gasteiger partial charge in [0.05, 0.1) is 0 Å². The highest BCUT2D eigenvalue weighted by Crippen LogP contribution is 1.98. The first-order valence-corrected chi connectivity index (χ1v) is 2.73. The van der Waals surface area contributed by atoms with Crippen LogP contribution in [0.1, 0.15) is 20.8 Å². The number of rotatable bonds is 2. The van der Waals surface area contributed by atoms with Gasteiger partial charge in [-0.3, -0.25) is 0 Å². The maximum absolute atomic E-state index is 2.17. The Bertz CT molecular complexity index is 53.1. The molecule has 41 valence electrons. The molecule has 0 aliphatic rings. The van der Waals surface area contributed by atoms with Crippen molar-refractivity contribution in [3.8, 4) is 0 Å². The molecule has 0 amide bonds. The van der Waals surface area contributed by atoms with E-state index >= 15 is 0 Å². The molecule has 7 heavy (non-hydrogen) atoms. The Morgan fingerprint density at radius 2 is 1.86 bits per heavy atom. The first-order valence-electron chi connectivity index (χ1n) is 2.73. The van der Waals surface area contributed by atoms with Crippen LogP contribution in [0.4, 0.5) is 0 Å². The molecule has 0 heteroatoms. The average molecular weight is 97.2 g/mol. The van der Waals surface area contributed by atoms with E-state index in [0.29, 0.717) is 5.92 Å². The van der Waals surface area contributed by atoms with E-state index in [1.807, 2.05) is 6.92 Å². The van der Waals surface area contributed by atoms with Crippen molar-refractivity contribution >= 4 is 0 Å². The SMILES string of the molecule is C[CH]C(C)/C=C/C. The lowest BCUT2D eigenvalue weighted by molar-refractivity contribution is 0.854. The Balaban J connectivity index is 3.16. The largest absolute Gasteiger partial charge is 0.0914 e. The van der Waals surface area contributed by atoms with Gasteiger partial charge in [0.15, 0.2) is 0 Å². The third-order valence-electron chi connectivity index (χ3n) is 1.02. The average Bonchev–Trinajstić information content (AvgIpc) is 1.68. The first-order chi connectivity index (χ1) is 3.31. The molecule has 0 N–H and O–H groups in total. The van der Waals surface area contributed by atoms with Gasteiger partial charge in [-0.2, -0.15) is 0 Å². The second-order valence-electron chi connectivity index (χ2n) is 1.72. The predicted molar refractivity (Wildman–Crippen MR) is 34.0 cm³/mol. The molecule has 0 fully saturated rings. The molecule has 0 saturated heterocycles. The zero-order valence-corrected chi connectivity index (χ0v) is 5.31. The highest BCUT2D eigenvalue weighted by Gasteiger charge is 1.86. The van der Waals surface area contributed by atoms with Gasteiger partial charge >= 0.3 is 0 Å². The van der Waals surface area contributed by atoms with E-state index in [1.165, 1.54) is 0 Å². The Morgan fingerprint density at radius 3 is 2.00 bits per heavy atom. The molecule has 0 bridgehead atoms. The van der Waals surface area contributed by atoms with Crippen LogP contribution in [0.2, 0.25) is 0 Å². The Hall–Kier alpha value is -0.260. The van der Waals surface area contributed by atoms with Crippen molar-refractivity contribution in [2.75, 3.05) is 0 Å². The van der Waals surface area contributed by atoms with Crippen molar-refractivity contribution in [2.24, 2.45) is 5.92 Å². The third kappa shape index (κ3) is 3.57. The predicted octanol–water partition coefficient (Wildman–Crippen LogP) is 2.42. The van der Waals surface area contributed by atoms with Crippen molar-refractivity contribution in [3.05, 3.63) is 18.6 Å². The molecule has 1 atom stereocenters. The van der Waals surface area contributed by atoms with Gasteiger partial charge in [-0.1, -0.05) is 26.0 Å². The van der Waals surface area contributed by atoms with E-state index in [4.69, 9.17) is 0 Å². The van der Waals surface area contributed by atoms with Crippen LogP contribution in [-0.4, -0.2) is 0 Å². The van der Waals surface area contributed by atoms with Crippen molar-refractivity contribution in [2.45, 2.75) is 20.8 Å². The van der Waals surface area contributed by atoms with Gasteiger partial charge in [0.1, 0.15) is 0 Å². The van der Waals surface area contributed by atoms with Crippen LogP contribution in [-0.2, 0) is 0 Å². The zero-order valence-electron chi connectivity index (χ0n) is 5.31. The summed E-state index contributed by atoms with van der Waals surface area (Å²) in [5, 5.41) is 0. The lowest BCUT2D eigenvalue weighted by Gasteiger charge is -1.95. The van der Waals surface area contributed by atoms with Gasteiger partial charge in [0.2, 0.25) is 0 Å². The van der Waals surface area contributed by atoms with Crippen molar-refractivity contribution in [1.29, 1.82) is 0 Å². The molecule has 0 aromatic heterocycles. The maximum Gasteiger partial charge on any atom is -0.0234 e. The van der Waals surface area contributed by atoms with Crippen LogP contribution in [0.25, 0.3) is 0 Å². The second-order valence-corrected chi connectivity index (χ2v) is 1.72. The van der Waals surface area contributed by atoms with Crippen molar-refractivity contribution < 1.29 is 0 Å². The zero-order chi connectivity index (χ0) is 5.70. The normalized spacial score (nSPS) is 15.3. The van der Waals surface area contributed by atoms with E-state index in [1.54, 1.807) is 0 Å². The molecule has 0 aromatic rings. The van der Waals surface area contributed by atoms with Gasteiger partial charge in [0, 0.05) is 0 Å². The fraction of sp³-hybridized carbons (Fsp3) is 0.571. The fourth-order valence-corrected chi connectivity index (χ4v) is 0.415. The molecule has 1 radical (unpaired) electrons. The summed E-state index contributed by atoms with van der Waals surface area (Å²) in [5.41, 5.74) is 0. The lowest BCUT2D eigenvalue weighted by atomic mass is 10.1. The summed E-state index contributed by atoms with van der Waals surface area (Å²) in [4.78, 5) is 0. The summed E-state index contributed by atoms with van der Waals surface area (Å²) >= 11 is 0. The molecule has 1 unspecified atom stereocenters. The fourth-order valence-electron chi connectivity index (χ4n) is 0.415. The van der Waals surface area contributed by atoms with Crippen LogP contribution >= 0.6 is 0 Å². The molecule has 0 spiro atoms. The van der Waals surface area contributed by atoms with Crippen LogP contribution in [0, 0.1) is 12.3 Å². The van der Waals surface area contributed by atoms with E-state index < -0.39 is 0 Å². The Morgan fingerprint density at radius 1 is 1.29 bits per heavy atom. The number of hydrogen-bond acceptors (Lipinski definition) is 0.